The molecule has 142 valence electrons. The molecule has 1 heterocycles. The Bertz CT molecular complexity index is 931. The predicted octanol–water partition coefficient (Wildman–Crippen LogP) is 4.41. The molecule has 1 aromatic heterocycles. The van der Waals surface area contributed by atoms with Crippen LogP contribution in [0.4, 0.5) is 0 Å². The molecular formula is C21H21BrO5. The highest BCUT2D eigenvalue weighted by atomic mass is 79.9. The van der Waals surface area contributed by atoms with E-state index in [0.29, 0.717) is 25.4 Å². The number of esters is 1. The second kappa shape index (κ2) is 9.06. The summed E-state index contributed by atoms with van der Waals surface area (Å²) in [6.45, 7) is 2.55. The van der Waals surface area contributed by atoms with Crippen molar-refractivity contribution in [3.05, 3.63) is 63.8 Å². The van der Waals surface area contributed by atoms with E-state index in [-0.39, 0.29) is 19.0 Å². The lowest BCUT2D eigenvalue weighted by Crippen LogP contribution is -2.09. The Kier molecular flexibility index (Phi) is 6.53. The average Bonchev–Trinajstić information content (AvgIpc) is 3.05. The number of halogens is 1. The molecule has 3 aromatic rings. The van der Waals surface area contributed by atoms with Gasteiger partial charge in [-0.3, -0.25) is 4.79 Å². The maximum absolute atomic E-state index is 11.8. The Morgan fingerprint density at radius 1 is 1.22 bits per heavy atom. The second-order valence-corrected chi connectivity index (χ2v) is 6.91. The lowest BCUT2D eigenvalue weighted by atomic mass is 10.1. The van der Waals surface area contributed by atoms with Gasteiger partial charge < -0.3 is 19.0 Å². The fraction of sp³-hybridized carbons (Fsp3) is 0.286. The Morgan fingerprint density at radius 2 is 2.04 bits per heavy atom. The zero-order valence-corrected chi connectivity index (χ0v) is 16.6. The van der Waals surface area contributed by atoms with Crippen molar-refractivity contribution >= 4 is 32.9 Å². The van der Waals surface area contributed by atoms with Crippen LogP contribution < -0.4 is 4.74 Å². The van der Waals surface area contributed by atoms with Gasteiger partial charge in [0.15, 0.2) is 0 Å². The highest BCUT2D eigenvalue weighted by Gasteiger charge is 2.12. The SMILES string of the molecule is CCOC(=O)Cc1ccccc1OCc1cc(Br)c2oc(CCO)cc2c1. The maximum atomic E-state index is 11.8. The Labute approximate surface area is 166 Å². The predicted molar refractivity (Wildman–Crippen MR) is 106 cm³/mol. The van der Waals surface area contributed by atoms with Gasteiger partial charge in [-0.15, -0.1) is 0 Å². The number of hydrogen-bond donors (Lipinski definition) is 1. The zero-order chi connectivity index (χ0) is 19.2. The van der Waals surface area contributed by atoms with E-state index in [4.69, 9.17) is 19.0 Å². The second-order valence-electron chi connectivity index (χ2n) is 6.06. The first kappa shape index (κ1) is 19.5. The molecule has 3 rings (SSSR count). The van der Waals surface area contributed by atoms with Crippen molar-refractivity contribution in [3.8, 4) is 5.75 Å². The number of rotatable bonds is 8. The number of carbonyl (C=O) groups excluding carboxylic acids is 1. The molecule has 0 unspecified atom stereocenters. The summed E-state index contributed by atoms with van der Waals surface area (Å²) in [4.78, 5) is 11.8. The lowest BCUT2D eigenvalue weighted by Gasteiger charge is -2.11. The van der Waals surface area contributed by atoms with Crippen LogP contribution in [-0.2, 0) is 29.0 Å². The third kappa shape index (κ3) is 4.90. The quantitative estimate of drug-likeness (QED) is 0.533. The Morgan fingerprint density at radius 3 is 2.81 bits per heavy atom. The van der Waals surface area contributed by atoms with E-state index in [1.54, 1.807) is 6.92 Å². The van der Waals surface area contributed by atoms with Crippen LogP contribution in [-0.4, -0.2) is 24.3 Å². The molecule has 0 aliphatic heterocycles. The van der Waals surface area contributed by atoms with Gasteiger partial charge in [0, 0.05) is 17.4 Å². The molecule has 2 aromatic carbocycles. The monoisotopic (exact) mass is 432 g/mol. The van der Waals surface area contributed by atoms with Crippen LogP contribution in [0.5, 0.6) is 5.75 Å². The summed E-state index contributed by atoms with van der Waals surface area (Å²) >= 11 is 3.53. The smallest absolute Gasteiger partial charge is 0.310 e. The normalized spacial score (nSPS) is 10.9. The van der Waals surface area contributed by atoms with Crippen LogP contribution in [0.2, 0.25) is 0 Å². The largest absolute Gasteiger partial charge is 0.489 e. The third-order valence-corrected chi connectivity index (χ3v) is 4.64. The topological polar surface area (TPSA) is 68.9 Å². The maximum Gasteiger partial charge on any atom is 0.310 e. The number of carbonyl (C=O) groups is 1. The van der Waals surface area contributed by atoms with E-state index in [1.807, 2.05) is 42.5 Å². The molecular weight excluding hydrogens is 412 g/mol. The van der Waals surface area contributed by atoms with E-state index in [9.17, 15) is 4.79 Å². The number of furan rings is 1. The molecule has 1 N–H and O–H groups in total. The van der Waals surface area contributed by atoms with E-state index in [1.165, 1.54) is 0 Å². The van der Waals surface area contributed by atoms with Gasteiger partial charge >= 0.3 is 5.97 Å². The first-order valence-electron chi connectivity index (χ1n) is 8.78. The molecule has 0 spiro atoms. The van der Waals surface area contributed by atoms with Gasteiger partial charge in [0.2, 0.25) is 0 Å². The molecule has 0 saturated heterocycles. The molecule has 0 radical (unpaired) electrons. The molecule has 0 atom stereocenters. The van der Waals surface area contributed by atoms with Crippen molar-refractivity contribution in [1.29, 1.82) is 0 Å². The van der Waals surface area contributed by atoms with Crippen molar-refractivity contribution in [3.63, 3.8) is 0 Å². The summed E-state index contributed by atoms with van der Waals surface area (Å²) in [5.74, 6) is 1.13. The summed E-state index contributed by atoms with van der Waals surface area (Å²) in [7, 11) is 0. The first-order chi connectivity index (χ1) is 13.1. The number of hydrogen-bond acceptors (Lipinski definition) is 5. The van der Waals surface area contributed by atoms with Crippen molar-refractivity contribution < 1.29 is 23.8 Å². The van der Waals surface area contributed by atoms with E-state index < -0.39 is 0 Å². The van der Waals surface area contributed by atoms with Crippen LogP contribution >= 0.6 is 15.9 Å². The van der Waals surface area contributed by atoms with Crippen LogP contribution in [0.15, 0.2) is 51.4 Å². The van der Waals surface area contributed by atoms with Crippen LogP contribution in [0.3, 0.4) is 0 Å². The zero-order valence-electron chi connectivity index (χ0n) is 15.0. The summed E-state index contributed by atoms with van der Waals surface area (Å²) in [6.07, 6.45) is 0.660. The minimum absolute atomic E-state index is 0.0463. The minimum Gasteiger partial charge on any atom is -0.489 e. The Balaban J connectivity index is 1.76. The molecule has 0 saturated carbocycles. The minimum atomic E-state index is -0.271. The molecule has 0 amide bonds. The molecule has 0 fully saturated rings. The molecule has 6 heteroatoms. The van der Waals surface area contributed by atoms with Gasteiger partial charge in [-0.25, -0.2) is 0 Å². The fourth-order valence-electron chi connectivity index (χ4n) is 2.86. The van der Waals surface area contributed by atoms with Gasteiger partial charge in [-0.2, -0.15) is 0 Å². The third-order valence-electron chi connectivity index (χ3n) is 4.05. The number of ether oxygens (including phenoxy) is 2. The van der Waals surface area contributed by atoms with Crippen LogP contribution in [0, 0.1) is 0 Å². The fourth-order valence-corrected chi connectivity index (χ4v) is 3.46. The number of fused-ring (bicyclic) bond motifs is 1. The summed E-state index contributed by atoms with van der Waals surface area (Å²) in [5.41, 5.74) is 2.52. The number of aliphatic hydroxyl groups is 1. The molecule has 0 aliphatic carbocycles. The highest BCUT2D eigenvalue weighted by Crippen LogP contribution is 2.30. The molecule has 27 heavy (non-hydrogen) atoms. The molecule has 0 bridgehead atoms. The highest BCUT2D eigenvalue weighted by molar-refractivity contribution is 9.10. The van der Waals surface area contributed by atoms with Crippen LogP contribution in [0.25, 0.3) is 11.0 Å². The lowest BCUT2D eigenvalue weighted by molar-refractivity contribution is -0.142. The summed E-state index contributed by atoms with van der Waals surface area (Å²) in [5, 5.41) is 10.0. The average molecular weight is 433 g/mol. The van der Waals surface area contributed by atoms with Crippen molar-refractivity contribution in [2.75, 3.05) is 13.2 Å². The summed E-state index contributed by atoms with van der Waals surface area (Å²) < 4.78 is 17.6. The molecule has 5 nitrogen and oxygen atoms in total. The van der Waals surface area contributed by atoms with Gasteiger partial charge in [0.1, 0.15) is 23.7 Å². The Hall–Kier alpha value is -2.31. The van der Waals surface area contributed by atoms with Crippen molar-refractivity contribution in [2.45, 2.75) is 26.4 Å². The van der Waals surface area contributed by atoms with E-state index in [2.05, 4.69) is 15.9 Å². The van der Waals surface area contributed by atoms with E-state index in [0.717, 1.165) is 32.3 Å². The standard InChI is InChI=1S/C21H21BrO5/c1-2-25-20(24)12-15-5-3-4-6-19(15)26-13-14-9-16-11-17(7-8-23)27-21(16)18(22)10-14/h3-6,9-11,23H,2,7-8,12-13H2,1H3. The van der Waals surface area contributed by atoms with Crippen molar-refractivity contribution in [2.24, 2.45) is 0 Å². The summed E-state index contributed by atoms with van der Waals surface area (Å²) in [6, 6.07) is 13.3. The van der Waals surface area contributed by atoms with Gasteiger partial charge in [-0.05, 0) is 52.7 Å². The van der Waals surface area contributed by atoms with Gasteiger partial charge in [0.25, 0.3) is 0 Å². The number of aliphatic hydroxyl groups excluding tert-OH is 1. The van der Waals surface area contributed by atoms with Crippen molar-refractivity contribution in [1.82, 2.24) is 0 Å². The number of benzene rings is 2. The van der Waals surface area contributed by atoms with E-state index >= 15 is 0 Å². The van der Waals surface area contributed by atoms with Crippen LogP contribution in [0.1, 0.15) is 23.8 Å². The molecule has 0 aliphatic rings. The number of para-hydroxylation sites is 1. The first-order valence-corrected chi connectivity index (χ1v) is 9.58. The van der Waals surface area contributed by atoms with Gasteiger partial charge in [0.05, 0.1) is 24.1 Å². The van der Waals surface area contributed by atoms with Gasteiger partial charge in [-0.1, -0.05) is 18.2 Å².